The standard InChI is InChI=1S/C19H23N3O/c1-15(2)19(16-10-6-4-7-11-16)21-20-18(23)14-22(3)17-12-8-5-9-13-17/h4-13,15H,14H2,1-3H3,(H,20,23)/b21-19+. The average molecular weight is 309 g/mol. The zero-order valence-electron chi connectivity index (χ0n) is 13.9. The van der Waals surface area contributed by atoms with Gasteiger partial charge in [0.25, 0.3) is 5.91 Å². The first-order valence-electron chi connectivity index (χ1n) is 7.76. The van der Waals surface area contributed by atoms with E-state index in [1.807, 2.05) is 72.6 Å². The molecule has 2 rings (SSSR count). The number of anilines is 1. The summed E-state index contributed by atoms with van der Waals surface area (Å²) in [5.74, 6) is 0.0926. The predicted molar refractivity (Wildman–Crippen MR) is 95.7 cm³/mol. The van der Waals surface area contributed by atoms with Crippen LogP contribution < -0.4 is 10.3 Å². The molecule has 0 unspecified atom stereocenters. The van der Waals surface area contributed by atoms with Gasteiger partial charge in [-0.15, -0.1) is 0 Å². The van der Waals surface area contributed by atoms with Gasteiger partial charge in [-0.3, -0.25) is 4.79 Å². The van der Waals surface area contributed by atoms with Gasteiger partial charge in [-0.1, -0.05) is 62.4 Å². The summed E-state index contributed by atoms with van der Waals surface area (Å²) in [5.41, 5.74) is 5.57. The van der Waals surface area contributed by atoms with Crippen LogP contribution in [0.4, 0.5) is 5.69 Å². The van der Waals surface area contributed by atoms with E-state index in [1.165, 1.54) is 0 Å². The molecule has 1 amide bonds. The smallest absolute Gasteiger partial charge is 0.259 e. The molecule has 0 aliphatic heterocycles. The largest absolute Gasteiger partial charge is 0.365 e. The summed E-state index contributed by atoms with van der Waals surface area (Å²) in [4.78, 5) is 14.0. The number of hydrogen-bond donors (Lipinski definition) is 1. The first-order chi connectivity index (χ1) is 11.1. The number of carbonyl (C=O) groups excluding carboxylic acids is 1. The lowest BCUT2D eigenvalue weighted by Gasteiger charge is -2.18. The molecular weight excluding hydrogens is 286 g/mol. The molecule has 0 spiro atoms. The highest BCUT2D eigenvalue weighted by molar-refractivity contribution is 6.02. The lowest BCUT2D eigenvalue weighted by Crippen LogP contribution is -2.33. The predicted octanol–water partition coefficient (Wildman–Crippen LogP) is 3.30. The van der Waals surface area contributed by atoms with E-state index in [1.54, 1.807) is 0 Å². The fourth-order valence-corrected chi connectivity index (χ4v) is 2.28. The molecule has 1 N–H and O–H groups in total. The van der Waals surface area contributed by atoms with Gasteiger partial charge in [0.05, 0.1) is 12.3 Å². The van der Waals surface area contributed by atoms with E-state index in [0.717, 1.165) is 17.0 Å². The zero-order chi connectivity index (χ0) is 16.7. The van der Waals surface area contributed by atoms with E-state index < -0.39 is 0 Å². The van der Waals surface area contributed by atoms with Crippen LogP contribution >= 0.6 is 0 Å². The molecule has 23 heavy (non-hydrogen) atoms. The van der Waals surface area contributed by atoms with Gasteiger partial charge < -0.3 is 4.90 Å². The number of carbonyl (C=O) groups is 1. The maximum absolute atomic E-state index is 12.1. The lowest BCUT2D eigenvalue weighted by atomic mass is 10.0. The SMILES string of the molecule is CC(C)/C(=N\NC(=O)CN(C)c1ccccc1)c1ccccc1. The summed E-state index contributed by atoms with van der Waals surface area (Å²) in [5, 5.41) is 4.33. The Morgan fingerprint density at radius 2 is 1.61 bits per heavy atom. The van der Waals surface area contributed by atoms with Crippen LogP contribution in [-0.4, -0.2) is 25.2 Å². The number of nitrogens with zero attached hydrogens (tertiary/aromatic N) is 2. The third-order valence-corrected chi connectivity index (χ3v) is 3.50. The molecule has 0 aromatic heterocycles. The zero-order valence-corrected chi connectivity index (χ0v) is 13.9. The number of rotatable bonds is 6. The third kappa shape index (κ3) is 4.95. The molecule has 4 nitrogen and oxygen atoms in total. The Balaban J connectivity index is 2.01. The monoisotopic (exact) mass is 309 g/mol. The van der Waals surface area contributed by atoms with Gasteiger partial charge in [-0.25, -0.2) is 5.43 Å². The number of nitrogens with one attached hydrogen (secondary N) is 1. The first-order valence-corrected chi connectivity index (χ1v) is 7.76. The highest BCUT2D eigenvalue weighted by Crippen LogP contribution is 2.11. The van der Waals surface area contributed by atoms with Crippen molar-refractivity contribution in [2.24, 2.45) is 11.0 Å². The maximum atomic E-state index is 12.1. The van der Waals surface area contributed by atoms with E-state index in [-0.39, 0.29) is 18.4 Å². The van der Waals surface area contributed by atoms with Crippen LogP contribution in [0.1, 0.15) is 19.4 Å². The van der Waals surface area contributed by atoms with Crippen molar-refractivity contribution in [1.82, 2.24) is 5.43 Å². The van der Waals surface area contributed by atoms with Crippen LogP contribution in [0.15, 0.2) is 65.8 Å². The molecule has 2 aromatic carbocycles. The number of amides is 1. The second-order valence-electron chi connectivity index (χ2n) is 5.74. The van der Waals surface area contributed by atoms with E-state index in [2.05, 4.69) is 24.4 Å². The summed E-state index contributed by atoms with van der Waals surface area (Å²) in [7, 11) is 1.89. The number of benzene rings is 2. The minimum absolute atomic E-state index is 0.134. The van der Waals surface area contributed by atoms with Crippen LogP contribution in [-0.2, 0) is 4.79 Å². The van der Waals surface area contributed by atoms with Crippen molar-refractivity contribution < 1.29 is 4.79 Å². The van der Waals surface area contributed by atoms with E-state index in [4.69, 9.17) is 0 Å². The Labute approximate surface area is 137 Å². The topological polar surface area (TPSA) is 44.7 Å². The van der Waals surface area contributed by atoms with E-state index in [9.17, 15) is 4.79 Å². The van der Waals surface area contributed by atoms with Crippen molar-refractivity contribution >= 4 is 17.3 Å². The average Bonchev–Trinajstić information content (AvgIpc) is 2.56. The van der Waals surface area contributed by atoms with Crippen LogP contribution in [0.2, 0.25) is 0 Å². The maximum Gasteiger partial charge on any atom is 0.259 e. The van der Waals surface area contributed by atoms with Gasteiger partial charge in [0.2, 0.25) is 0 Å². The minimum atomic E-state index is -0.134. The second kappa shape index (κ2) is 8.13. The molecule has 0 saturated carbocycles. The van der Waals surface area contributed by atoms with Gasteiger partial charge in [0, 0.05) is 12.7 Å². The van der Waals surface area contributed by atoms with Gasteiger partial charge in [-0.2, -0.15) is 5.10 Å². The van der Waals surface area contributed by atoms with Crippen LogP contribution in [0, 0.1) is 5.92 Å². The second-order valence-corrected chi connectivity index (χ2v) is 5.74. The summed E-state index contributed by atoms with van der Waals surface area (Å²) >= 11 is 0. The molecule has 0 radical (unpaired) electrons. The number of hydrogen-bond acceptors (Lipinski definition) is 3. The van der Waals surface area contributed by atoms with Crippen molar-refractivity contribution in [2.75, 3.05) is 18.5 Å². The Bertz CT molecular complexity index is 651. The molecule has 0 atom stereocenters. The van der Waals surface area contributed by atoms with Gasteiger partial charge in [0.15, 0.2) is 0 Å². The van der Waals surface area contributed by atoms with Crippen LogP contribution in [0.5, 0.6) is 0 Å². The van der Waals surface area contributed by atoms with Crippen molar-refractivity contribution in [3.8, 4) is 0 Å². The number of para-hydroxylation sites is 1. The highest BCUT2D eigenvalue weighted by atomic mass is 16.2. The number of likely N-dealkylation sites (N-methyl/N-ethyl adjacent to an activating group) is 1. The van der Waals surface area contributed by atoms with Gasteiger partial charge >= 0.3 is 0 Å². The Morgan fingerprint density at radius 3 is 2.17 bits per heavy atom. The molecule has 0 aliphatic rings. The number of hydrazone groups is 1. The fraction of sp³-hybridized carbons (Fsp3) is 0.263. The van der Waals surface area contributed by atoms with Gasteiger partial charge in [-0.05, 0) is 23.6 Å². The molecular formula is C19H23N3O. The molecule has 2 aromatic rings. The summed E-state index contributed by atoms with van der Waals surface area (Å²) in [6.07, 6.45) is 0. The Kier molecular flexibility index (Phi) is 5.92. The lowest BCUT2D eigenvalue weighted by molar-refractivity contribution is -0.119. The Morgan fingerprint density at radius 1 is 1.04 bits per heavy atom. The van der Waals surface area contributed by atoms with Crippen molar-refractivity contribution in [3.63, 3.8) is 0 Å². The molecule has 4 heteroatoms. The summed E-state index contributed by atoms with van der Waals surface area (Å²) in [6.45, 7) is 4.38. The van der Waals surface area contributed by atoms with Crippen LogP contribution in [0.3, 0.4) is 0 Å². The minimum Gasteiger partial charge on any atom is -0.365 e. The molecule has 120 valence electrons. The summed E-state index contributed by atoms with van der Waals surface area (Å²) in [6, 6.07) is 19.7. The van der Waals surface area contributed by atoms with Crippen LogP contribution in [0.25, 0.3) is 0 Å². The molecule has 0 fully saturated rings. The molecule has 0 bridgehead atoms. The van der Waals surface area contributed by atoms with Crippen molar-refractivity contribution in [2.45, 2.75) is 13.8 Å². The first kappa shape index (κ1) is 16.7. The van der Waals surface area contributed by atoms with Crippen molar-refractivity contribution in [1.29, 1.82) is 0 Å². The summed E-state index contributed by atoms with van der Waals surface area (Å²) < 4.78 is 0. The van der Waals surface area contributed by atoms with Crippen molar-refractivity contribution in [3.05, 3.63) is 66.2 Å². The quantitative estimate of drug-likeness (QED) is 0.657. The molecule has 0 aliphatic carbocycles. The highest BCUT2D eigenvalue weighted by Gasteiger charge is 2.10. The third-order valence-electron chi connectivity index (χ3n) is 3.50. The van der Waals surface area contributed by atoms with Gasteiger partial charge in [0.1, 0.15) is 0 Å². The molecule has 0 saturated heterocycles. The molecule has 0 heterocycles. The normalized spacial score (nSPS) is 11.4. The Hall–Kier alpha value is -2.62. The van der Waals surface area contributed by atoms with E-state index in [0.29, 0.717) is 0 Å². The van der Waals surface area contributed by atoms with E-state index >= 15 is 0 Å². The fourth-order valence-electron chi connectivity index (χ4n) is 2.28.